The molecular formula is C20H21BrN2O4. The number of carbonyl (C=O) groups excluding carboxylic acids is 2. The number of hydrogen-bond donors (Lipinski definition) is 1. The van der Waals surface area contributed by atoms with E-state index < -0.39 is 0 Å². The van der Waals surface area contributed by atoms with E-state index in [1.165, 1.54) is 0 Å². The molecule has 1 fully saturated rings. The third-order valence-corrected chi connectivity index (χ3v) is 4.70. The maximum atomic E-state index is 12.4. The Morgan fingerprint density at radius 1 is 1.15 bits per heavy atom. The number of nitrogens with zero attached hydrogens (tertiary/aromatic N) is 1. The quantitative estimate of drug-likeness (QED) is 0.787. The van der Waals surface area contributed by atoms with Crippen molar-refractivity contribution in [3.8, 4) is 5.75 Å². The summed E-state index contributed by atoms with van der Waals surface area (Å²) in [6, 6.07) is 12.5. The number of halogens is 1. The fourth-order valence-corrected chi connectivity index (χ4v) is 3.24. The lowest BCUT2D eigenvalue weighted by Gasteiger charge is -2.26. The zero-order valence-electron chi connectivity index (χ0n) is 15.0. The zero-order chi connectivity index (χ0) is 19.2. The van der Waals surface area contributed by atoms with Gasteiger partial charge in [-0.1, -0.05) is 15.9 Å². The van der Waals surface area contributed by atoms with Crippen LogP contribution >= 0.6 is 15.9 Å². The Bertz CT molecular complexity index is 817. The lowest BCUT2D eigenvalue weighted by Crippen LogP contribution is -2.40. The number of benzene rings is 2. The van der Waals surface area contributed by atoms with Crippen LogP contribution in [-0.2, 0) is 9.53 Å². The molecule has 1 N–H and O–H groups in total. The summed E-state index contributed by atoms with van der Waals surface area (Å²) in [7, 11) is 0. The van der Waals surface area contributed by atoms with Gasteiger partial charge in [-0.05, 0) is 55.0 Å². The molecule has 6 nitrogen and oxygen atoms in total. The normalized spacial score (nSPS) is 13.9. The van der Waals surface area contributed by atoms with E-state index in [1.807, 2.05) is 25.1 Å². The zero-order valence-corrected chi connectivity index (χ0v) is 16.6. The van der Waals surface area contributed by atoms with E-state index in [0.29, 0.717) is 43.3 Å². The second-order valence-electron chi connectivity index (χ2n) is 6.23. The summed E-state index contributed by atoms with van der Waals surface area (Å²) in [5, 5.41) is 2.77. The number of rotatable bonds is 5. The van der Waals surface area contributed by atoms with E-state index in [2.05, 4.69) is 21.2 Å². The minimum absolute atomic E-state index is 0.0229. The second kappa shape index (κ2) is 9.01. The largest absolute Gasteiger partial charge is 0.483 e. The highest BCUT2D eigenvalue weighted by atomic mass is 79.9. The molecule has 1 aliphatic heterocycles. The van der Waals surface area contributed by atoms with E-state index in [1.54, 1.807) is 29.2 Å². The summed E-state index contributed by atoms with van der Waals surface area (Å²) in [4.78, 5) is 26.3. The van der Waals surface area contributed by atoms with Gasteiger partial charge in [-0.3, -0.25) is 9.59 Å². The molecule has 1 aliphatic rings. The molecule has 0 saturated carbocycles. The van der Waals surface area contributed by atoms with Gasteiger partial charge in [-0.2, -0.15) is 0 Å². The molecule has 0 bridgehead atoms. The summed E-state index contributed by atoms with van der Waals surface area (Å²) in [5.41, 5.74) is 2.16. The highest BCUT2D eigenvalue weighted by molar-refractivity contribution is 9.10. The molecular weight excluding hydrogens is 412 g/mol. The fraction of sp³-hybridized carbons (Fsp3) is 0.300. The van der Waals surface area contributed by atoms with E-state index in [0.717, 1.165) is 10.0 Å². The Morgan fingerprint density at radius 3 is 2.52 bits per heavy atom. The number of amides is 2. The van der Waals surface area contributed by atoms with Crippen molar-refractivity contribution in [2.75, 3.05) is 38.2 Å². The standard InChI is InChI=1S/C20H21BrN2O4/c1-14-12-16(21)4-7-18(14)27-13-19(24)22-17-5-2-15(3-6-17)20(25)23-8-10-26-11-9-23/h2-7,12H,8-11,13H2,1H3,(H,22,24). The molecule has 1 heterocycles. The monoisotopic (exact) mass is 432 g/mol. The van der Waals surface area contributed by atoms with Crippen LogP contribution in [0.15, 0.2) is 46.9 Å². The van der Waals surface area contributed by atoms with Crippen molar-refractivity contribution in [2.24, 2.45) is 0 Å². The topological polar surface area (TPSA) is 67.9 Å². The molecule has 2 aromatic rings. The maximum absolute atomic E-state index is 12.4. The van der Waals surface area contributed by atoms with Crippen molar-refractivity contribution in [2.45, 2.75) is 6.92 Å². The van der Waals surface area contributed by atoms with E-state index in [9.17, 15) is 9.59 Å². The van der Waals surface area contributed by atoms with Gasteiger partial charge in [0.1, 0.15) is 5.75 Å². The van der Waals surface area contributed by atoms with Crippen molar-refractivity contribution in [3.63, 3.8) is 0 Å². The van der Waals surface area contributed by atoms with E-state index in [-0.39, 0.29) is 18.4 Å². The van der Waals surface area contributed by atoms with Gasteiger partial charge in [0, 0.05) is 28.8 Å². The van der Waals surface area contributed by atoms with Gasteiger partial charge in [-0.15, -0.1) is 0 Å². The Labute approximate surface area is 166 Å². The first kappa shape index (κ1) is 19.4. The van der Waals surface area contributed by atoms with Gasteiger partial charge in [0.15, 0.2) is 6.61 Å². The summed E-state index contributed by atoms with van der Waals surface area (Å²) in [6.45, 7) is 4.17. The van der Waals surface area contributed by atoms with Crippen molar-refractivity contribution in [1.82, 2.24) is 4.90 Å². The molecule has 0 spiro atoms. The van der Waals surface area contributed by atoms with Crippen LogP contribution in [0, 0.1) is 6.92 Å². The highest BCUT2D eigenvalue weighted by Gasteiger charge is 2.18. The van der Waals surface area contributed by atoms with E-state index in [4.69, 9.17) is 9.47 Å². The molecule has 0 radical (unpaired) electrons. The summed E-state index contributed by atoms with van der Waals surface area (Å²) in [6.07, 6.45) is 0. The van der Waals surface area contributed by atoms with Gasteiger partial charge in [-0.25, -0.2) is 0 Å². The predicted octanol–water partition coefficient (Wildman–Crippen LogP) is 3.25. The first-order chi connectivity index (χ1) is 13.0. The third-order valence-electron chi connectivity index (χ3n) is 4.21. The number of anilines is 1. The molecule has 142 valence electrons. The summed E-state index contributed by atoms with van der Waals surface area (Å²) in [5.74, 6) is 0.384. The second-order valence-corrected chi connectivity index (χ2v) is 7.14. The minimum atomic E-state index is -0.260. The maximum Gasteiger partial charge on any atom is 0.262 e. The summed E-state index contributed by atoms with van der Waals surface area (Å²) >= 11 is 3.39. The van der Waals surface area contributed by atoms with Crippen LogP contribution in [0.5, 0.6) is 5.75 Å². The molecule has 27 heavy (non-hydrogen) atoms. The SMILES string of the molecule is Cc1cc(Br)ccc1OCC(=O)Nc1ccc(C(=O)N2CCOCC2)cc1. The Kier molecular flexibility index (Phi) is 6.47. The first-order valence-corrected chi connectivity index (χ1v) is 9.48. The lowest BCUT2D eigenvalue weighted by molar-refractivity contribution is -0.118. The number of hydrogen-bond acceptors (Lipinski definition) is 4. The van der Waals surface area contributed by atoms with Crippen LogP contribution in [0.1, 0.15) is 15.9 Å². The molecule has 0 aromatic heterocycles. The van der Waals surface area contributed by atoms with Crippen LogP contribution < -0.4 is 10.1 Å². The number of aryl methyl sites for hydroxylation is 1. The Hall–Kier alpha value is -2.38. The number of nitrogens with one attached hydrogen (secondary N) is 1. The van der Waals surface area contributed by atoms with Gasteiger partial charge in [0.2, 0.25) is 0 Å². The third kappa shape index (κ3) is 5.30. The Balaban J connectivity index is 1.52. The average molecular weight is 433 g/mol. The minimum Gasteiger partial charge on any atom is -0.483 e. The van der Waals surface area contributed by atoms with E-state index >= 15 is 0 Å². The number of morpholine rings is 1. The summed E-state index contributed by atoms with van der Waals surface area (Å²) < 4.78 is 11.8. The van der Waals surface area contributed by atoms with Crippen molar-refractivity contribution in [1.29, 1.82) is 0 Å². The number of carbonyl (C=O) groups is 2. The molecule has 1 saturated heterocycles. The smallest absolute Gasteiger partial charge is 0.262 e. The van der Waals surface area contributed by atoms with Crippen molar-refractivity contribution in [3.05, 3.63) is 58.1 Å². The molecule has 0 atom stereocenters. The highest BCUT2D eigenvalue weighted by Crippen LogP contribution is 2.22. The van der Waals surface area contributed by atoms with Crippen LogP contribution in [-0.4, -0.2) is 49.6 Å². The molecule has 0 unspecified atom stereocenters. The molecule has 7 heteroatoms. The first-order valence-electron chi connectivity index (χ1n) is 8.69. The van der Waals surface area contributed by atoms with Gasteiger partial charge in [0.25, 0.3) is 11.8 Å². The Morgan fingerprint density at radius 2 is 1.85 bits per heavy atom. The van der Waals surface area contributed by atoms with Crippen molar-refractivity contribution >= 4 is 33.4 Å². The van der Waals surface area contributed by atoms with Gasteiger partial charge >= 0.3 is 0 Å². The van der Waals surface area contributed by atoms with Crippen LogP contribution in [0.2, 0.25) is 0 Å². The van der Waals surface area contributed by atoms with Crippen LogP contribution in [0.25, 0.3) is 0 Å². The number of ether oxygens (including phenoxy) is 2. The molecule has 3 rings (SSSR count). The van der Waals surface area contributed by atoms with Gasteiger partial charge in [0.05, 0.1) is 13.2 Å². The van der Waals surface area contributed by atoms with Crippen LogP contribution in [0.3, 0.4) is 0 Å². The fourth-order valence-electron chi connectivity index (χ4n) is 2.76. The molecule has 2 aromatic carbocycles. The van der Waals surface area contributed by atoms with Crippen LogP contribution in [0.4, 0.5) is 5.69 Å². The molecule has 2 amide bonds. The lowest BCUT2D eigenvalue weighted by atomic mass is 10.1. The molecule has 0 aliphatic carbocycles. The van der Waals surface area contributed by atoms with Gasteiger partial charge < -0.3 is 19.7 Å². The average Bonchev–Trinajstić information content (AvgIpc) is 2.68. The predicted molar refractivity (Wildman–Crippen MR) is 106 cm³/mol. The van der Waals surface area contributed by atoms with Crippen molar-refractivity contribution < 1.29 is 19.1 Å².